The molecule has 0 aliphatic carbocycles. The smallest absolute Gasteiger partial charge is 0.271 e. The minimum atomic E-state index is -1.63. The quantitative estimate of drug-likeness (QED) is 0.626. The lowest BCUT2D eigenvalue weighted by atomic mass is 9.99. The lowest BCUT2D eigenvalue weighted by Crippen LogP contribution is -2.58. The number of nitrogens with one attached hydrogen (secondary N) is 1. The zero-order chi connectivity index (χ0) is 22.0. The molecule has 1 aromatic heterocycles. The molecule has 0 radical (unpaired) electrons. The van der Waals surface area contributed by atoms with Crippen molar-refractivity contribution < 1.29 is 23.6 Å². The van der Waals surface area contributed by atoms with E-state index < -0.39 is 17.4 Å². The van der Waals surface area contributed by atoms with Crippen LogP contribution in [0.25, 0.3) is 10.9 Å². The maximum absolute atomic E-state index is 13.8. The van der Waals surface area contributed by atoms with Gasteiger partial charge in [-0.05, 0) is 30.3 Å². The minimum Gasteiger partial charge on any atom is -0.489 e. The van der Waals surface area contributed by atoms with E-state index in [0.29, 0.717) is 22.2 Å². The predicted octanol–water partition coefficient (Wildman–Crippen LogP) is 1.77. The van der Waals surface area contributed by atoms with Gasteiger partial charge in [0.2, 0.25) is 0 Å². The molecule has 1 aliphatic rings. The van der Waals surface area contributed by atoms with Crippen LogP contribution < -0.4 is 15.8 Å². The van der Waals surface area contributed by atoms with Crippen molar-refractivity contribution in [2.75, 3.05) is 0 Å². The molecule has 10 heteroatoms. The van der Waals surface area contributed by atoms with Crippen molar-refractivity contribution in [2.45, 2.75) is 12.1 Å². The molecule has 0 saturated heterocycles. The second-order valence-corrected chi connectivity index (χ2v) is 6.86. The lowest BCUT2D eigenvalue weighted by molar-refractivity contribution is -0.120. The molecule has 4 rings (SSSR count). The molecule has 2 amide bonds. The van der Waals surface area contributed by atoms with Crippen LogP contribution in [-0.2, 0) is 23.3 Å². The minimum absolute atomic E-state index is 0.0199. The molecular formula is C21H18FN5O4. The van der Waals surface area contributed by atoms with Gasteiger partial charge in [-0.1, -0.05) is 23.4 Å². The number of primary amides is 1. The first-order chi connectivity index (χ1) is 14.9. The van der Waals surface area contributed by atoms with Crippen LogP contribution in [-0.4, -0.2) is 33.3 Å². The van der Waals surface area contributed by atoms with Gasteiger partial charge < -0.3 is 20.6 Å². The van der Waals surface area contributed by atoms with Crippen molar-refractivity contribution >= 4 is 28.9 Å². The van der Waals surface area contributed by atoms with Crippen LogP contribution >= 0.6 is 0 Å². The second kappa shape index (κ2) is 7.90. The largest absolute Gasteiger partial charge is 0.489 e. The third kappa shape index (κ3) is 3.82. The summed E-state index contributed by atoms with van der Waals surface area (Å²) in [5.41, 5.74) is 4.95. The zero-order valence-corrected chi connectivity index (χ0v) is 16.4. The molecule has 0 bridgehead atoms. The van der Waals surface area contributed by atoms with Crippen LogP contribution in [0, 0.1) is 5.82 Å². The molecule has 1 atom stereocenters. The molecule has 2 heterocycles. The van der Waals surface area contributed by atoms with E-state index in [1.165, 1.54) is 16.8 Å². The van der Waals surface area contributed by atoms with Gasteiger partial charge in [-0.2, -0.15) is 5.10 Å². The van der Waals surface area contributed by atoms with E-state index in [-0.39, 0.29) is 18.1 Å². The molecule has 3 aromatic rings. The van der Waals surface area contributed by atoms with E-state index >= 15 is 0 Å². The molecule has 2 aromatic carbocycles. The maximum Gasteiger partial charge on any atom is 0.271 e. The molecule has 158 valence electrons. The topological polar surface area (TPSA) is 121 Å². The fourth-order valence-electron chi connectivity index (χ4n) is 3.17. The Morgan fingerprint density at radius 3 is 2.81 bits per heavy atom. The first-order valence-corrected chi connectivity index (χ1v) is 9.23. The molecule has 1 unspecified atom stereocenters. The number of carbonyl (C=O) groups excluding carboxylic acids is 2. The molecule has 9 nitrogen and oxygen atoms in total. The van der Waals surface area contributed by atoms with Gasteiger partial charge in [0, 0.05) is 18.0 Å². The Hall–Kier alpha value is -4.21. The van der Waals surface area contributed by atoms with Crippen molar-refractivity contribution in [3.8, 4) is 5.75 Å². The number of nitrogens with two attached hydrogens (primary N) is 1. The third-order valence-corrected chi connectivity index (χ3v) is 4.81. The van der Waals surface area contributed by atoms with Crippen LogP contribution in [0.2, 0.25) is 0 Å². The molecule has 31 heavy (non-hydrogen) atoms. The third-order valence-electron chi connectivity index (χ3n) is 4.81. The Balaban J connectivity index is 1.63. The van der Waals surface area contributed by atoms with Crippen LogP contribution in [0.5, 0.6) is 5.75 Å². The highest BCUT2D eigenvalue weighted by molar-refractivity contribution is 6.13. The Labute approximate surface area is 175 Å². The van der Waals surface area contributed by atoms with E-state index in [4.69, 9.17) is 15.3 Å². The number of benzene rings is 2. The number of aromatic nitrogens is 2. The number of halogens is 1. The van der Waals surface area contributed by atoms with Gasteiger partial charge >= 0.3 is 0 Å². The number of amides is 2. The highest BCUT2D eigenvalue weighted by atomic mass is 19.1. The summed E-state index contributed by atoms with van der Waals surface area (Å²) in [5.74, 6) is -1.37. The summed E-state index contributed by atoms with van der Waals surface area (Å²) in [5, 5.41) is 10.9. The average molecular weight is 423 g/mol. The van der Waals surface area contributed by atoms with Gasteiger partial charge in [0.25, 0.3) is 11.8 Å². The Morgan fingerprint density at radius 2 is 2.10 bits per heavy atom. The highest BCUT2D eigenvalue weighted by Crippen LogP contribution is 2.25. The van der Waals surface area contributed by atoms with E-state index in [2.05, 4.69) is 15.6 Å². The summed E-state index contributed by atoms with van der Waals surface area (Å²) in [4.78, 5) is 29.7. The first kappa shape index (κ1) is 20.1. The number of ether oxygens (including phenoxy) is 1. The molecule has 0 spiro atoms. The number of nitrogens with zero attached hydrogens (tertiary/aromatic N) is 3. The summed E-state index contributed by atoms with van der Waals surface area (Å²) in [6, 6.07) is 11.3. The number of carbonyl (C=O) groups is 2. The van der Waals surface area contributed by atoms with E-state index in [1.807, 2.05) is 0 Å². The van der Waals surface area contributed by atoms with Crippen molar-refractivity contribution in [3.05, 3.63) is 71.9 Å². The van der Waals surface area contributed by atoms with Gasteiger partial charge in [-0.3, -0.25) is 14.3 Å². The fourth-order valence-corrected chi connectivity index (χ4v) is 3.17. The van der Waals surface area contributed by atoms with Crippen molar-refractivity contribution in [3.63, 3.8) is 0 Å². The summed E-state index contributed by atoms with van der Waals surface area (Å²) in [6.45, 7) is 0.0199. The van der Waals surface area contributed by atoms with Gasteiger partial charge in [-0.25, -0.2) is 4.39 Å². The van der Waals surface area contributed by atoms with Crippen LogP contribution in [0.4, 0.5) is 4.39 Å². The van der Waals surface area contributed by atoms with Gasteiger partial charge in [0.05, 0.1) is 11.7 Å². The predicted molar refractivity (Wildman–Crippen MR) is 110 cm³/mol. The Morgan fingerprint density at radius 1 is 1.29 bits per heavy atom. The summed E-state index contributed by atoms with van der Waals surface area (Å²) >= 11 is 0. The number of hydrogen-bond donors (Lipinski definition) is 2. The highest BCUT2D eigenvalue weighted by Gasteiger charge is 2.37. The fraction of sp³-hybridized carbons (Fsp3) is 0.143. The summed E-state index contributed by atoms with van der Waals surface area (Å²) in [6.07, 6.45) is 3.55. The average Bonchev–Trinajstić information content (AvgIpc) is 3.08. The Bertz CT molecular complexity index is 1220. The van der Waals surface area contributed by atoms with Crippen LogP contribution in [0.15, 0.2) is 60.0 Å². The van der Waals surface area contributed by atoms with Crippen LogP contribution in [0.3, 0.4) is 0 Å². The molecular weight excluding hydrogens is 405 g/mol. The second-order valence-electron chi connectivity index (χ2n) is 6.86. The van der Waals surface area contributed by atoms with Crippen molar-refractivity contribution in [2.24, 2.45) is 17.9 Å². The Kier molecular flexibility index (Phi) is 5.12. The van der Waals surface area contributed by atoms with Crippen molar-refractivity contribution in [1.29, 1.82) is 0 Å². The summed E-state index contributed by atoms with van der Waals surface area (Å²) < 4.78 is 20.9. The maximum atomic E-state index is 13.8. The SMILES string of the molecule is Cn1nc2ccc(OCc3ccccc3F)cc2c1C(=O)NC1(C(N)=O)C=CON=C1. The van der Waals surface area contributed by atoms with E-state index in [0.717, 1.165) is 12.5 Å². The van der Waals surface area contributed by atoms with Gasteiger partial charge in [-0.15, -0.1) is 0 Å². The number of oxime groups is 1. The number of rotatable bonds is 6. The monoisotopic (exact) mass is 423 g/mol. The molecule has 1 aliphatic heterocycles. The first-order valence-electron chi connectivity index (χ1n) is 9.23. The summed E-state index contributed by atoms with van der Waals surface area (Å²) in [7, 11) is 1.60. The van der Waals surface area contributed by atoms with E-state index in [9.17, 15) is 14.0 Å². The molecule has 3 N–H and O–H groups in total. The zero-order valence-electron chi connectivity index (χ0n) is 16.4. The number of fused-ring (bicyclic) bond motifs is 1. The number of aryl methyl sites for hydroxylation is 1. The normalized spacial score (nSPS) is 17.4. The number of hydrogen-bond acceptors (Lipinski definition) is 6. The molecule has 0 fully saturated rings. The standard InChI is InChI=1S/C21H18FN5O4/c1-27-18(19(28)25-21(20(23)29)8-9-31-24-12-21)15-10-14(6-7-17(15)26-27)30-11-13-4-2-3-5-16(13)22/h2-10,12H,11H2,1H3,(H2,23,29)(H,25,28). The van der Waals surface area contributed by atoms with Crippen molar-refractivity contribution in [1.82, 2.24) is 15.1 Å². The van der Waals surface area contributed by atoms with Crippen LogP contribution in [0.1, 0.15) is 16.1 Å². The van der Waals surface area contributed by atoms with Gasteiger partial charge in [0.1, 0.15) is 30.1 Å². The van der Waals surface area contributed by atoms with Gasteiger partial charge in [0.15, 0.2) is 5.54 Å². The lowest BCUT2D eigenvalue weighted by Gasteiger charge is -2.25. The molecule has 0 saturated carbocycles. The van der Waals surface area contributed by atoms with E-state index in [1.54, 1.807) is 43.4 Å².